The minimum atomic E-state index is -3.27. The van der Waals surface area contributed by atoms with Gasteiger partial charge in [-0.15, -0.1) is 0 Å². The molecule has 0 amide bonds. The van der Waals surface area contributed by atoms with Crippen molar-refractivity contribution < 1.29 is 16.8 Å². The molecule has 0 aromatic heterocycles. The van der Waals surface area contributed by atoms with Crippen LogP contribution in [-0.4, -0.2) is 53.2 Å². The molecule has 2 aliphatic rings. The smallest absolute Gasteiger partial charge is 0.211 e. The van der Waals surface area contributed by atoms with Crippen molar-refractivity contribution in [3.8, 4) is 0 Å². The quantitative estimate of drug-likeness (QED) is 0.589. The molecule has 2 N–H and O–H groups in total. The second-order valence-electron chi connectivity index (χ2n) is 5.52. The molecule has 1 atom stereocenters. The van der Waals surface area contributed by atoms with E-state index in [2.05, 4.69) is 10.0 Å². The number of hydrogen-bond donors (Lipinski definition) is 2. The van der Waals surface area contributed by atoms with Crippen molar-refractivity contribution in [2.45, 2.75) is 31.7 Å². The van der Waals surface area contributed by atoms with Gasteiger partial charge in [-0.3, -0.25) is 0 Å². The van der Waals surface area contributed by atoms with Gasteiger partial charge in [0.05, 0.1) is 17.3 Å². The Morgan fingerprint density at radius 3 is 2.47 bits per heavy atom. The van der Waals surface area contributed by atoms with E-state index in [4.69, 9.17) is 0 Å². The number of rotatable bonds is 8. The second-order valence-corrected chi connectivity index (χ2v) is 9.67. The molecule has 0 radical (unpaired) electrons. The van der Waals surface area contributed by atoms with Crippen LogP contribution in [0.25, 0.3) is 0 Å². The lowest BCUT2D eigenvalue weighted by Crippen LogP contribution is -2.33. The van der Waals surface area contributed by atoms with Crippen molar-refractivity contribution in [1.82, 2.24) is 10.0 Å². The van der Waals surface area contributed by atoms with Crippen molar-refractivity contribution in [2.24, 2.45) is 5.92 Å². The third kappa shape index (κ3) is 5.76. The molecule has 0 aromatic rings. The molecule has 0 bridgehead atoms. The summed E-state index contributed by atoms with van der Waals surface area (Å²) in [5.74, 6) is 0.333. The number of sulfonamides is 1. The summed E-state index contributed by atoms with van der Waals surface area (Å²) >= 11 is 0. The molecular weight excluding hydrogens is 288 g/mol. The van der Waals surface area contributed by atoms with Gasteiger partial charge in [0, 0.05) is 12.6 Å². The molecule has 8 heteroatoms. The Labute approximate surface area is 115 Å². The summed E-state index contributed by atoms with van der Waals surface area (Å²) in [6, 6.07) is 0.597. The summed E-state index contributed by atoms with van der Waals surface area (Å²) in [4.78, 5) is 0. The highest BCUT2D eigenvalue weighted by Crippen LogP contribution is 2.18. The predicted octanol–water partition coefficient (Wildman–Crippen LogP) is -0.517. The summed E-state index contributed by atoms with van der Waals surface area (Å²) in [5.41, 5.74) is 0. The first-order chi connectivity index (χ1) is 8.86. The van der Waals surface area contributed by atoms with E-state index in [9.17, 15) is 16.8 Å². The van der Waals surface area contributed by atoms with Crippen LogP contribution in [0.1, 0.15) is 25.7 Å². The fraction of sp³-hybridized carbons (Fsp3) is 1.00. The van der Waals surface area contributed by atoms with Gasteiger partial charge in [-0.25, -0.2) is 21.6 Å². The van der Waals surface area contributed by atoms with Crippen LogP contribution in [-0.2, 0) is 19.9 Å². The maximum Gasteiger partial charge on any atom is 0.211 e. The highest BCUT2D eigenvalue weighted by Gasteiger charge is 2.28. The molecule has 19 heavy (non-hydrogen) atoms. The molecule has 1 heterocycles. The molecule has 1 aliphatic heterocycles. The van der Waals surface area contributed by atoms with Gasteiger partial charge in [0.15, 0.2) is 9.84 Å². The lowest BCUT2D eigenvalue weighted by molar-refractivity contribution is 0.540. The summed E-state index contributed by atoms with van der Waals surface area (Å²) in [7, 11) is -6.20. The van der Waals surface area contributed by atoms with Crippen LogP contribution in [0.3, 0.4) is 0 Å². The van der Waals surface area contributed by atoms with Crippen LogP contribution < -0.4 is 10.0 Å². The van der Waals surface area contributed by atoms with E-state index < -0.39 is 19.9 Å². The maximum atomic E-state index is 11.7. The van der Waals surface area contributed by atoms with E-state index in [0.29, 0.717) is 18.9 Å². The fourth-order valence-electron chi connectivity index (χ4n) is 2.21. The van der Waals surface area contributed by atoms with E-state index in [-0.39, 0.29) is 29.7 Å². The second kappa shape index (κ2) is 6.07. The summed E-state index contributed by atoms with van der Waals surface area (Å²) in [5, 5.41) is 3.27. The van der Waals surface area contributed by atoms with Crippen LogP contribution in [0.2, 0.25) is 0 Å². The van der Waals surface area contributed by atoms with Crippen molar-refractivity contribution in [1.29, 1.82) is 0 Å². The minimum Gasteiger partial charge on any atom is -0.314 e. The molecule has 0 aromatic carbocycles. The molecule has 1 saturated heterocycles. The van der Waals surface area contributed by atoms with Crippen LogP contribution in [0, 0.1) is 5.92 Å². The van der Waals surface area contributed by atoms with Crippen molar-refractivity contribution in [3.05, 3.63) is 0 Å². The van der Waals surface area contributed by atoms with Crippen LogP contribution >= 0.6 is 0 Å². The predicted molar refractivity (Wildman–Crippen MR) is 74.2 cm³/mol. The van der Waals surface area contributed by atoms with Crippen molar-refractivity contribution in [2.75, 3.05) is 30.3 Å². The van der Waals surface area contributed by atoms with Crippen molar-refractivity contribution >= 4 is 19.9 Å². The molecule has 1 aliphatic carbocycles. The lowest BCUT2D eigenvalue weighted by atomic mass is 10.1. The van der Waals surface area contributed by atoms with Gasteiger partial charge in [-0.05, 0) is 38.1 Å². The van der Waals surface area contributed by atoms with E-state index in [0.717, 1.165) is 6.54 Å². The molecule has 2 fully saturated rings. The number of sulfone groups is 1. The molecular formula is C11H22N2O4S2. The zero-order valence-corrected chi connectivity index (χ0v) is 12.6. The first-order valence-corrected chi connectivity index (χ1v) is 10.2. The number of nitrogens with one attached hydrogen (secondary N) is 2. The average molecular weight is 310 g/mol. The van der Waals surface area contributed by atoms with Crippen molar-refractivity contribution in [3.63, 3.8) is 0 Å². The molecule has 1 saturated carbocycles. The molecule has 0 spiro atoms. The Morgan fingerprint density at radius 1 is 1.16 bits per heavy atom. The Kier molecular flexibility index (Phi) is 4.86. The number of hydrogen-bond acceptors (Lipinski definition) is 5. The SMILES string of the molecule is O=S1(=O)CCC(CNS(=O)(=O)CCCNC2CC2)C1. The largest absolute Gasteiger partial charge is 0.314 e. The van der Waals surface area contributed by atoms with Crippen LogP contribution in [0.4, 0.5) is 0 Å². The van der Waals surface area contributed by atoms with E-state index >= 15 is 0 Å². The minimum absolute atomic E-state index is 0.0654. The first-order valence-electron chi connectivity index (χ1n) is 6.77. The van der Waals surface area contributed by atoms with Crippen LogP contribution in [0.15, 0.2) is 0 Å². The normalized spacial score (nSPS) is 26.6. The average Bonchev–Trinajstić information content (AvgIpc) is 3.07. The lowest BCUT2D eigenvalue weighted by Gasteiger charge is -2.10. The van der Waals surface area contributed by atoms with Gasteiger partial charge in [-0.2, -0.15) is 0 Å². The Bertz CT molecular complexity index is 497. The fourth-order valence-corrected chi connectivity index (χ4v) is 5.23. The Balaban J connectivity index is 1.62. The molecule has 112 valence electrons. The molecule has 1 unspecified atom stereocenters. The van der Waals surface area contributed by atoms with E-state index in [1.165, 1.54) is 12.8 Å². The Hall–Kier alpha value is -0.180. The first kappa shape index (κ1) is 15.2. The topological polar surface area (TPSA) is 92.3 Å². The molecule has 2 rings (SSSR count). The molecule has 6 nitrogen and oxygen atoms in total. The van der Waals surface area contributed by atoms with E-state index in [1.54, 1.807) is 0 Å². The highest BCUT2D eigenvalue weighted by molar-refractivity contribution is 7.91. The highest BCUT2D eigenvalue weighted by atomic mass is 32.2. The third-order valence-electron chi connectivity index (χ3n) is 3.52. The summed E-state index contributed by atoms with van der Waals surface area (Å²) in [6.07, 6.45) is 3.55. The zero-order valence-electron chi connectivity index (χ0n) is 11.0. The third-order valence-corrected chi connectivity index (χ3v) is 6.79. The standard InChI is InChI=1S/C11H22N2O4S2/c14-18(15)7-4-10(9-18)8-13-19(16,17)6-1-5-12-11-2-3-11/h10-13H,1-9H2. The van der Waals surface area contributed by atoms with E-state index in [1.807, 2.05) is 0 Å². The summed E-state index contributed by atoms with van der Waals surface area (Å²) < 4.78 is 48.5. The van der Waals surface area contributed by atoms with Gasteiger partial charge < -0.3 is 5.32 Å². The Morgan fingerprint density at radius 2 is 1.89 bits per heavy atom. The van der Waals surface area contributed by atoms with Gasteiger partial charge in [0.2, 0.25) is 10.0 Å². The van der Waals surface area contributed by atoms with Gasteiger partial charge in [-0.1, -0.05) is 0 Å². The zero-order chi connectivity index (χ0) is 13.9. The summed E-state index contributed by atoms with van der Waals surface area (Å²) in [6.45, 7) is 0.973. The van der Waals surface area contributed by atoms with Crippen LogP contribution in [0.5, 0.6) is 0 Å². The van der Waals surface area contributed by atoms with Gasteiger partial charge in [0.25, 0.3) is 0 Å². The van der Waals surface area contributed by atoms with Gasteiger partial charge in [0.1, 0.15) is 0 Å². The van der Waals surface area contributed by atoms with Gasteiger partial charge >= 0.3 is 0 Å². The monoisotopic (exact) mass is 310 g/mol. The maximum absolute atomic E-state index is 11.7.